The van der Waals surface area contributed by atoms with Crippen molar-refractivity contribution in [2.75, 3.05) is 6.61 Å². The number of carbonyl (C=O) groups excluding carboxylic acids is 1. The highest BCUT2D eigenvalue weighted by Crippen LogP contribution is 2.43. The molecule has 2 aliphatic rings. The maximum atomic E-state index is 12.4. The Balaban J connectivity index is 2.15. The Bertz CT molecular complexity index is 795. The molecule has 0 aromatic heterocycles. The van der Waals surface area contributed by atoms with Crippen molar-refractivity contribution in [3.8, 4) is 11.8 Å². The zero-order valence-corrected chi connectivity index (χ0v) is 25.3. The number of esters is 1. The van der Waals surface area contributed by atoms with E-state index in [0.29, 0.717) is 32.3 Å². The zero-order valence-electron chi connectivity index (χ0n) is 23.3. The lowest BCUT2D eigenvalue weighted by molar-refractivity contribution is -0.151. The molecule has 0 saturated carbocycles. The van der Waals surface area contributed by atoms with Gasteiger partial charge in [-0.1, -0.05) is 54.0 Å². The highest BCUT2D eigenvalue weighted by Gasteiger charge is 2.50. The molecule has 0 spiro atoms. The Hall–Kier alpha value is -0.916. The first-order valence-corrected chi connectivity index (χ1v) is 18.6. The van der Waals surface area contributed by atoms with Gasteiger partial charge < -0.3 is 18.3 Å². The van der Waals surface area contributed by atoms with Crippen LogP contribution >= 0.6 is 0 Å². The van der Waals surface area contributed by atoms with Crippen LogP contribution in [0.1, 0.15) is 73.6 Å². The van der Waals surface area contributed by atoms with Crippen LogP contribution in [0.2, 0.25) is 36.3 Å². The number of hydrogen-bond acceptors (Lipinski definition) is 5. The Morgan fingerprint density at radius 3 is 2.21 bits per heavy atom. The SMILES string of the molecule is C=C1CC#CCCC(=O)O[C@H](CO[Si](C)(C)C(C)(C)C)CC[C@H]2O[C@@H]2[C@@H]1O[Si](C)(C)C(C)(C)C. The Kier molecular flexibility index (Phi) is 9.49. The van der Waals surface area contributed by atoms with E-state index in [4.69, 9.17) is 18.3 Å². The summed E-state index contributed by atoms with van der Waals surface area (Å²) in [5.41, 5.74) is 0.974. The number of hydrogen-bond donors (Lipinski definition) is 0. The molecule has 7 heteroatoms. The predicted molar refractivity (Wildman–Crippen MR) is 144 cm³/mol. The molecule has 0 aromatic rings. The van der Waals surface area contributed by atoms with Crippen LogP contribution in [0.25, 0.3) is 0 Å². The highest BCUT2D eigenvalue weighted by molar-refractivity contribution is 6.74. The second-order valence-corrected chi connectivity index (χ2v) is 22.5. The van der Waals surface area contributed by atoms with Crippen molar-refractivity contribution in [3.63, 3.8) is 0 Å². The molecule has 2 aliphatic heterocycles. The van der Waals surface area contributed by atoms with Crippen molar-refractivity contribution < 1.29 is 23.1 Å². The number of rotatable bonds is 5. The Morgan fingerprint density at radius 2 is 1.62 bits per heavy atom. The summed E-state index contributed by atoms with van der Waals surface area (Å²) in [4.78, 5) is 12.4. The number of ether oxygens (including phenoxy) is 2. The number of carbonyl (C=O) groups is 1. The van der Waals surface area contributed by atoms with E-state index in [1.165, 1.54) is 0 Å². The fourth-order valence-corrected chi connectivity index (χ4v) is 5.68. The topological polar surface area (TPSA) is 57.3 Å². The summed E-state index contributed by atoms with van der Waals surface area (Å²) >= 11 is 0. The van der Waals surface area contributed by atoms with Gasteiger partial charge in [0.05, 0.1) is 25.2 Å². The fraction of sp³-hybridized carbons (Fsp3) is 0.815. The fourth-order valence-electron chi connectivity index (χ4n) is 3.35. The molecule has 0 unspecified atom stereocenters. The van der Waals surface area contributed by atoms with Gasteiger partial charge in [-0.25, -0.2) is 0 Å². The minimum absolute atomic E-state index is 0.0102. The largest absolute Gasteiger partial charge is 0.460 e. The maximum absolute atomic E-state index is 12.4. The molecule has 2 rings (SSSR count). The summed E-state index contributed by atoms with van der Waals surface area (Å²) in [6.07, 6.45) is 2.51. The van der Waals surface area contributed by atoms with Crippen LogP contribution in [-0.4, -0.2) is 53.6 Å². The van der Waals surface area contributed by atoms with Gasteiger partial charge >= 0.3 is 5.97 Å². The average Bonchev–Trinajstić information content (AvgIpc) is 3.44. The van der Waals surface area contributed by atoms with Crippen molar-refractivity contribution in [3.05, 3.63) is 12.2 Å². The van der Waals surface area contributed by atoms with Gasteiger partial charge in [-0.05, 0) is 54.7 Å². The van der Waals surface area contributed by atoms with E-state index >= 15 is 0 Å². The van der Waals surface area contributed by atoms with Gasteiger partial charge in [-0.2, -0.15) is 0 Å². The van der Waals surface area contributed by atoms with E-state index in [9.17, 15) is 4.79 Å². The summed E-state index contributed by atoms with van der Waals surface area (Å²) in [6.45, 7) is 27.1. The Morgan fingerprint density at radius 1 is 1.00 bits per heavy atom. The molecule has 0 amide bonds. The second kappa shape index (κ2) is 11.0. The summed E-state index contributed by atoms with van der Waals surface area (Å²) in [6, 6.07) is 0. The molecule has 34 heavy (non-hydrogen) atoms. The molecule has 0 aliphatic carbocycles. The monoisotopic (exact) mass is 508 g/mol. The smallest absolute Gasteiger partial charge is 0.307 e. The van der Waals surface area contributed by atoms with Crippen LogP contribution in [-0.2, 0) is 23.1 Å². The maximum Gasteiger partial charge on any atom is 0.307 e. The van der Waals surface area contributed by atoms with Gasteiger partial charge in [0.15, 0.2) is 16.6 Å². The van der Waals surface area contributed by atoms with Crippen LogP contribution < -0.4 is 0 Å². The van der Waals surface area contributed by atoms with Crippen LogP contribution in [0.3, 0.4) is 0 Å². The van der Waals surface area contributed by atoms with Gasteiger partial charge in [0.25, 0.3) is 0 Å². The van der Waals surface area contributed by atoms with E-state index in [-0.39, 0.29) is 40.5 Å². The summed E-state index contributed by atoms with van der Waals surface area (Å²) < 4.78 is 25.1. The summed E-state index contributed by atoms with van der Waals surface area (Å²) in [5, 5.41) is 0.205. The van der Waals surface area contributed by atoms with Crippen molar-refractivity contribution in [2.24, 2.45) is 0 Å². The normalized spacial score (nSPS) is 27.7. The molecule has 4 atom stereocenters. The number of fused-ring (bicyclic) bond motifs is 1. The van der Waals surface area contributed by atoms with E-state index in [0.717, 1.165) is 12.0 Å². The molecule has 0 bridgehead atoms. The minimum Gasteiger partial charge on any atom is -0.460 e. The van der Waals surface area contributed by atoms with Crippen LogP contribution in [0.15, 0.2) is 12.2 Å². The molecular weight excluding hydrogens is 460 g/mol. The van der Waals surface area contributed by atoms with E-state index in [2.05, 4.69) is 86.2 Å². The van der Waals surface area contributed by atoms with E-state index in [1.807, 2.05) is 0 Å². The lowest BCUT2D eigenvalue weighted by Crippen LogP contribution is -2.46. The van der Waals surface area contributed by atoms with Gasteiger partial charge in [0, 0.05) is 12.8 Å². The number of cyclic esters (lactones) is 1. The number of epoxide rings is 1. The molecule has 2 heterocycles. The van der Waals surface area contributed by atoms with Crippen molar-refractivity contribution in [1.82, 2.24) is 0 Å². The lowest BCUT2D eigenvalue weighted by Gasteiger charge is -2.39. The first kappa shape index (κ1) is 29.3. The summed E-state index contributed by atoms with van der Waals surface area (Å²) in [5.74, 6) is 6.08. The molecule has 0 aromatic carbocycles. The van der Waals surface area contributed by atoms with Gasteiger partial charge in [-0.15, -0.1) is 5.92 Å². The van der Waals surface area contributed by atoms with E-state index in [1.54, 1.807) is 0 Å². The van der Waals surface area contributed by atoms with Crippen molar-refractivity contribution in [2.45, 2.75) is 134 Å². The zero-order chi connectivity index (χ0) is 25.9. The molecule has 0 radical (unpaired) electrons. The molecule has 1 saturated heterocycles. The third kappa shape index (κ3) is 8.06. The van der Waals surface area contributed by atoms with Gasteiger partial charge in [0.2, 0.25) is 0 Å². The lowest BCUT2D eigenvalue weighted by atomic mass is 10.0. The van der Waals surface area contributed by atoms with Crippen LogP contribution in [0.5, 0.6) is 0 Å². The minimum atomic E-state index is -2.01. The van der Waals surface area contributed by atoms with Crippen molar-refractivity contribution >= 4 is 22.6 Å². The van der Waals surface area contributed by atoms with Gasteiger partial charge in [0.1, 0.15) is 12.2 Å². The molecule has 1 fully saturated rings. The predicted octanol–water partition coefficient (Wildman–Crippen LogP) is 6.60. The van der Waals surface area contributed by atoms with E-state index < -0.39 is 16.6 Å². The first-order valence-electron chi connectivity index (χ1n) is 12.7. The Labute approximate surface area is 210 Å². The molecule has 5 nitrogen and oxygen atoms in total. The summed E-state index contributed by atoms with van der Waals surface area (Å²) in [7, 11) is -3.94. The van der Waals surface area contributed by atoms with Crippen LogP contribution in [0, 0.1) is 11.8 Å². The first-order chi connectivity index (χ1) is 15.4. The van der Waals surface area contributed by atoms with Gasteiger partial charge in [-0.3, -0.25) is 4.79 Å². The molecule has 0 N–H and O–H groups in total. The third-order valence-corrected chi connectivity index (χ3v) is 16.9. The molecular formula is C27H48O5Si2. The van der Waals surface area contributed by atoms with Crippen molar-refractivity contribution in [1.29, 1.82) is 0 Å². The second-order valence-electron chi connectivity index (χ2n) is 12.9. The average molecular weight is 509 g/mol. The molecule has 194 valence electrons. The highest BCUT2D eigenvalue weighted by atomic mass is 28.4. The third-order valence-electron chi connectivity index (χ3n) is 7.95. The van der Waals surface area contributed by atoms with Crippen LogP contribution in [0.4, 0.5) is 0 Å². The standard InChI is InChI=1S/C27H48O5Si2/c1-20-15-13-12-14-16-23(28)30-21(19-29-33(8,9)26(2,3)4)17-18-22-25(31-22)24(20)32-34(10,11)27(5,6)7/h21-22,24-25H,1,14-19H2,2-11H3/t21-,22+,24+,25-/m0/s1. The quantitative estimate of drug-likeness (QED) is 0.138.